The monoisotopic (exact) mass is 328 g/mol. The van der Waals surface area contributed by atoms with Crippen molar-refractivity contribution in [2.75, 3.05) is 27.4 Å². The first-order valence-electron chi connectivity index (χ1n) is 6.95. The Hall–Kier alpha value is -1.95. The number of hydrogen-bond acceptors (Lipinski definition) is 5. The van der Waals surface area contributed by atoms with Crippen molar-refractivity contribution in [1.82, 2.24) is 5.32 Å². The number of carbonyl (C=O) groups excluding carboxylic acids is 1. The van der Waals surface area contributed by atoms with Gasteiger partial charge in [-0.25, -0.2) is 0 Å². The van der Waals surface area contributed by atoms with Gasteiger partial charge in [0.05, 0.1) is 25.5 Å². The molecule has 1 aromatic rings. The van der Waals surface area contributed by atoms with E-state index in [-0.39, 0.29) is 12.5 Å². The predicted molar refractivity (Wildman–Crippen MR) is 86.0 cm³/mol. The van der Waals surface area contributed by atoms with Gasteiger partial charge in [-0.2, -0.15) is 0 Å². The molecule has 0 unspecified atom stereocenters. The van der Waals surface area contributed by atoms with E-state index in [9.17, 15) is 4.79 Å². The van der Waals surface area contributed by atoms with Crippen LogP contribution in [0.25, 0.3) is 0 Å². The lowest BCUT2D eigenvalue weighted by Gasteiger charge is -2.09. The number of benzene rings is 1. The van der Waals surface area contributed by atoms with Crippen molar-refractivity contribution in [3.8, 4) is 11.5 Å². The van der Waals surface area contributed by atoms with E-state index in [0.717, 1.165) is 12.8 Å². The van der Waals surface area contributed by atoms with E-state index in [4.69, 9.17) is 25.9 Å². The van der Waals surface area contributed by atoms with E-state index in [0.29, 0.717) is 28.6 Å². The molecule has 1 rings (SSSR count). The van der Waals surface area contributed by atoms with Crippen LogP contribution in [-0.4, -0.2) is 39.5 Å². The summed E-state index contributed by atoms with van der Waals surface area (Å²) in [5.41, 5.74) is 0.675. The highest BCUT2D eigenvalue weighted by atomic mass is 35.5. The molecule has 0 saturated heterocycles. The van der Waals surface area contributed by atoms with Crippen LogP contribution in [0.3, 0.4) is 0 Å². The fraction of sp³-hybridized carbons (Fsp3) is 0.467. The Labute approximate surface area is 135 Å². The standard InChI is InChI=1S/C15H21ClN2O4/c1-4-5-6-17-14(19)10-22-18-9-11-7-12(16)15(21-3)13(8-11)20-2/h7-9H,4-6,10H2,1-3H3,(H,17,19)/b18-9-. The number of nitrogens with one attached hydrogen (secondary N) is 1. The molecule has 6 nitrogen and oxygen atoms in total. The maximum Gasteiger partial charge on any atom is 0.260 e. The van der Waals surface area contributed by atoms with Crippen molar-refractivity contribution < 1.29 is 19.1 Å². The van der Waals surface area contributed by atoms with Gasteiger partial charge < -0.3 is 19.6 Å². The maximum absolute atomic E-state index is 11.4. The van der Waals surface area contributed by atoms with E-state index in [1.807, 2.05) is 0 Å². The van der Waals surface area contributed by atoms with E-state index >= 15 is 0 Å². The van der Waals surface area contributed by atoms with Crippen LogP contribution < -0.4 is 14.8 Å². The van der Waals surface area contributed by atoms with Crippen molar-refractivity contribution in [2.24, 2.45) is 5.16 Å². The fourth-order valence-corrected chi connectivity index (χ4v) is 1.96. The van der Waals surface area contributed by atoms with Crippen LogP contribution in [0, 0.1) is 0 Å². The highest BCUT2D eigenvalue weighted by molar-refractivity contribution is 6.32. The average molecular weight is 329 g/mol. The molecule has 7 heteroatoms. The Morgan fingerprint density at radius 3 is 2.77 bits per heavy atom. The van der Waals surface area contributed by atoms with Crippen molar-refractivity contribution in [2.45, 2.75) is 19.8 Å². The van der Waals surface area contributed by atoms with Crippen LogP contribution >= 0.6 is 11.6 Å². The Kier molecular flexibility index (Phi) is 8.14. The molecule has 0 spiro atoms. The largest absolute Gasteiger partial charge is 0.493 e. The lowest BCUT2D eigenvalue weighted by atomic mass is 10.2. The first-order valence-corrected chi connectivity index (χ1v) is 7.33. The molecule has 22 heavy (non-hydrogen) atoms. The SMILES string of the molecule is CCCCNC(=O)CO/N=C\c1cc(Cl)c(OC)c(OC)c1. The molecule has 0 heterocycles. The van der Waals surface area contributed by atoms with Gasteiger partial charge in [-0.15, -0.1) is 0 Å². The summed E-state index contributed by atoms with van der Waals surface area (Å²) in [6.07, 6.45) is 3.42. The molecule has 0 aromatic heterocycles. The number of oxime groups is 1. The predicted octanol–water partition coefficient (Wildman–Crippen LogP) is 2.62. The van der Waals surface area contributed by atoms with Crippen molar-refractivity contribution in [3.63, 3.8) is 0 Å². The molecule has 1 N–H and O–H groups in total. The molecule has 122 valence electrons. The third-order valence-electron chi connectivity index (χ3n) is 2.78. The Morgan fingerprint density at radius 2 is 2.14 bits per heavy atom. The summed E-state index contributed by atoms with van der Waals surface area (Å²) in [7, 11) is 3.03. The van der Waals surface area contributed by atoms with Gasteiger partial charge in [0.15, 0.2) is 18.1 Å². The highest BCUT2D eigenvalue weighted by Crippen LogP contribution is 2.35. The molecule has 0 aliphatic heterocycles. The summed E-state index contributed by atoms with van der Waals surface area (Å²) in [5.74, 6) is 0.752. The Bertz CT molecular complexity index is 521. The number of nitrogens with zero attached hydrogens (tertiary/aromatic N) is 1. The normalized spacial score (nSPS) is 10.5. The summed E-state index contributed by atoms with van der Waals surface area (Å²) in [6, 6.07) is 3.37. The maximum atomic E-state index is 11.4. The second-order valence-corrected chi connectivity index (χ2v) is 4.86. The second-order valence-electron chi connectivity index (χ2n) is 4.45. The zero-order valence-electron chi connectivity index (χ0n) is 13.0. The van der Waals surface area contributed by atoms with Crippen LogP contribution in [0.5, 0.6) is 11.5 Å². The average Bonchev–Trinajstić information content (AvgIpc) is 2.51. The molecular weight excluding hydrogens is 308 g/mol. The minimum absolute atomic E-state index is 0.124. The smallest absolute Gasteiger partial charge is 0.260 e. The molecule has 0 aliphatic rings. The van der Waals surface area contributed by atoms with E-state index < -0.39 is 0 Å². The van der Waals surface area contributed by atoms with E-state index in [1.54, 1.807) is 12.1 Å². The van der Waals surface area contributed by atoms with Crippen LogP contribution in [0.2, 0.25) is 5.02 Å². The zero-order valence-corrected chi connectivity index (χ0v) is 13.8. The molecule has 0 aliphatic carbocycles. The number of hydrogen-bond donors (Lipinski definition) is 1. The van der Waals surface area contributed by atoms with Gasteiger partial charge >= 0.3 is 0 Å². The number of ether oxygens (including phenoxy) is 2. The summed E-state index contributed by atoms with van der Waals surface area (Å²) >= 11 is 6.08. The van der Waals surface area contributed by atoms with Crippen LogP contribution in [0.15, 0.2) is 17.3 Å². The number of unbranched alkanes of at least 4 members (excludes halogenated alkanes) is 1. The van der Waals surface area contributed by atoms with Gasteiger partial charge in [0.1, 0.15) is 0 Å². The second kappa shape index (κ2) is 9.89. The first kappa shape index (κ1) is 18.1. The molecule has 0 saturated carbocycles. The number of halogens is 1. The quantitative estimate of drug-likeness (QED) is 0.430. The minimum atomic E-state index is -0.198. The number of carbonyl (C=O) groups is 1. The number of methoxy groups -OCH3 is 2. The fourth-order valence-electron chi connectivity index (χ4n) is 1.66. The third-order valence-corrected chi connectivity index (χ3v) is 3.06. The van der Waals surface area contributed by atoms with E-state index in [1.165, 1.54) is 20.4 Å². The molecule has 0 fully saturated rings. The van der Waals surface area contributed by atoms with Gasteiger partial charge in [0.25, 0.3) is 5.91 Å². The molecule has 0 radical (unpaired) electrons. The zero-order chi connectivity index (χ0) is 16.4. The molecular formula is C15H21ClN2O4. The summed E-state index contributed by atoms with van der Waals surface area (Å²) in [6.45, 7) is 2.58. The van der Waals surface area contributed by atoms with Gasteiger partial charge in [-0.1, -0.05) is 30.1 Å². The Balaban J connectivity index is 2.53. The van der Waals surface area contributed by atoms with Crippen LogP contribution in [0.1, 0.15) is 25.3 Å². The summed E-state index contributed by atoms with van der Waals surface area (Å²) in [4.78, 5) is 16.3. The molecule has 0 bridgehead atoms. The van der Waals surface area contributed by atoms with Gasteiger partial charge in [0, 0.05) is 12.1 Å². The molecule has 1 amide bonds. The van der Waals surface area contributed by atoms with Crippen LogP contribution in [0.4, 0.5) is 0 Å². The molecule has 0 atom stereocenters. The third kappa shape index (κ3) is 5.81. The summed E-state index contributed by atoms with van der Waals surface area (Å²) in [5, 5.41) is 6.87. The summed E-state index contributed by atoms with van der Waals surface area (Å²) < 4.78 is 10.3. The van der Waals surface area contributed by atoms with Crippen molar-refractivity contribution >= 4 is 23.7 Å². The lowest BCUT2D eigenvalue weighted by molar-refractivity contribution is -0.125. The van der Waals surface area contributed by atoms with Crippen molar-refractivity contribution in [3.05, 3.63) is 22.7 Å². The minimum Gasteiger partial charge on any atom is -0.493 e. The topological polar surface area (TPSA) is 69.2 Å². The highest BCUT2D eigenvalue weighted by Gasteiger charge is 2.10. The van der Waals surface area contributed by atoms with Gasteiger partial charge in [-0.3, -0.25) is 4.79 Å². The molecule has 1 aromatic carbocycles. The Morgan fingerprint density at radius 1 is 1.36 bits per heavy atom. The van der Waals surface area contributed by atoms with Gasteiger partial charge in [0.2, 0.25) is 0 Å². The number of rotatable bonds is 9. The number of amides is 1. The lowest BCUT2D eigenvalue weighted by Crippen LogP contribution is -2.27. The van der Waals surface area contributed by atoms with Crippen molar-refractivity contribution in [1.29, 1.82) is 0 Å². The van der Waals surface area contributed by atoms with Crippen LogP contribution in [-0.2, 0) is 9.63 Å². The first-order chi connectivity index (χ1) is 10.6. The van der Waals surface area contributed by atoms with E-state index in [2.05, 4.69) is 17.4 Å². The van der Waals surface area contributed by atoms with Gasteiger partial charge in [-0.05, 0) is 18.6 Å².